The first-order chi connectivity index (χ1) is 23.8. The molecule has 1 atom stereocenters. The number of carbonyl (C=O) groups excluding carboxylic acids is 1. The van der Waals surface area contributed by atoms with Gasteiger partial charge < -0.3 is 25.8 Å². The molecular weight excluding hydrogens is 701 g/mol. The number of methoxy groups -OCH3 is 1. The van der Waals surface area contributed by atoms with Crippen LogP contribution in [0, 0.1) is 0 Å². The highest BCUT2D eigenvalue weighted by atomic mass is 35.5. The Labute approximate surface area is 304 Å². The maximum atomic E-state index is 13.3. The summed E-state index contributed by atoms with van der Waals surface area (Å²) in [6.07, 6.45) is 3.10. The number of aliphatic hydroxyl groups is 1. The molecule has 50 heavy (non-hydrogen) atoms. The van der Waals surface area contributed by atoms with Gasteiger partial charge in [0, 0.05) is 78.7 Å². The lowest BCUT2D eigenvalue weighted by molar-refractivity contribution is -0.119. The number of benzene rings is 2. The minimum absolute atomic E-state index is 0.0658. The van der Waals surface area contributed by atoms with Crippen LogP contribution in [-0.4, -0.2) is 62.0 Å². The van der Waals surface area contributed by atoms with Crippen LogP contribution in [0.4, 0.5) is 0 Å². The zero-order chi connectivity index (χ0) is 35.7. The van der Waals surface area contributed by atoms with Crippen molar-refractivity contribution in [2.75, 3.05) is 20.2 Å². The molecule has 0 radical (unpaired) electrons. The zero-order valence-electron chi connectivity index (χ0n) is 28.1. The van der Waals surface area contributed by atoms with Gasteiger partial charge in [-0.15, -0.1) is 0 Å². The minimum Gasteiger partial charge on any atom is -0.481 e. The number of hydrogen-bond acceptors (Lipinski definition) is 8. The van der Waals surface area contributed by atoms with Gasteiger partial charge in [0.15, 0.2) is 0 Å². The van der Waals surface area contributed by atoms with Crippen molar-refractivity contribution < 1.29 is 14.6 Å². The van der Waals surface area contributed by atoms with E-state index in [9.17, 15) is 14.7 Å². The molecule has 1 amide bonds. The maximum absolute atomic E-state index is 13.3. The number of fused-ring (bicyclic) bond motifs is 1. The Morgan fingerprint density at radius 3 is 2.34 bits per heavy atom. The summed E-state index contributed by atoms with van der Waals surface area (Å²) in [6, 6.07) is 14.9. The van der Waals surface area contributed by atoms with Gasteiger partial charge in [0.25, 0.3) is 5.56 Å². The molecule has 1 aliphatic rings. The van der Waals surface area contributed by atoms with E-state index in [0.717, 1.165) is 6.42 Å². The highest BCUT2D eigenvalue weighted by Gasteiger charge is 2.22. The van der Waals surface area contributed by atoms with Crippen molar-refractivity contribution in [3.63, 3.8) is 0 Å². The highest BCUT2D eigenvalue weighted by molar-refractivity contribution is 6.39. The molecule has 0 saturated carbocycles. The molecule has 6 rings (SSSR count). The Bertz CT molecular complexity index is 2140. The Balaban J connectivity index is 1.29. The number of aromatic nitrogens is 4. The Kier molecular flexibility index (Phi) is 10.5. The third kappa shape index (κ3) is 7.53. The molecule has 0 bridgehead atoms. The van der Waals surface area contributed by atoms with E-state index in [1.165, 1.54) is 4.57 Å². The predicted molar refractivity (Wildman–Crippen MR) is 197 cm³/mol. The van der Waals surface area contributed by atoms with E-state index in [1.54, 1.807) is 50.8 Å². The first kappa shape index (κ1) is 35.8. The minimum atomic E-state index is -0.899. The normalized spacial score (nSPS) is 14.8. The second-order valence-electron chi connectivity index (χ2n) is 13.0. The molecule has 1 saturated heterocycles. The van der Waals surface area contributed by atoms with Crippen LogP contribution in [0.15, 0.2) is 59.5 Å². The SMILES string of the molecule is COc1nc(-c2cccc(-c3cccc(-c4cc5c(=O)n(C)c(CNCC(C)(C)O)nn5c4)c3Cl)c2Cl)cc(Cl)c1CNCC1CCC(=O)N1. The Morgan fingerprint density at radius 1 is 1.00 bits per heavy atom. The zero-order valence-corrected chi connectivity index (χ0v) is 30.4. The fourth-order valence-corrected chi connectivity index (χ4v) is 6.96. The van der Waals surface area contributed by atoms with Crippen LogP contribution in [0.5, 0.6) is 5.88 Å². The standard InChI is InChI=1S/C36H38Cl3N7O4/c1-36(2,49)19-41-17-30-44-46-18-20(13-29(46)35(48)45(30)3)22-7-5-8-23(32(22)38)24-9-6-10-25(33(24)39)28-14-27(37)26(34(43-28)50-4)16-40-15-21-11-12-31(47)42-21/h5-10,13-14,18,21,40-41,49H,11-12,15-17,19H2,1-4H3,(H,42,47). The van der Waals surface area contributed by atoms with Gasteiger partial charge in [-0.1, -0.05) is 71.2 Å². The summed E-state index contributed by atoms with van der Waals surface area (Å²) in [4.78, 5) is 29.6. The summed E-state index contributed by atoms with van der Waals surface area (Å²) in [5.41, 5.74) is 3.98. The van der Waals surface area contributed by atoms with E-state index < -0.39 is 5.60 Å². The molecule has 3 aromatic heterocycles. The number of hydrogen-bond donors (Lipinski definition) is 4. The molecule has 2 aromatic carbocycles. The molecule has 0 aliphatic carbocycles. The van der Waals surface area contributed by atoms with E-state index >= 15 is 0 Å². The Hall–Kier alpha value is -3.97. The summed E-state index contributed by atoms with van der Waals surface area (Å²) >= 11 is 21.0. The van der Waals surface area contributed by atoms with Gasteiger partial charge in [-0.2, -0.15) is 5.10 Å². The van der Waals surface area contributed by atoms with Gasteiger partial charge in [0.05, 0.1) is 40.0 Å². The second-order valence-corrected chi connectivity index (χ2v) is 14.2. The van der Waals surface area contributed by atoms with E-state index in [1.807, 2.05) is 36.4 Å². The number of nitrogens with zero attached hydrogens (tertiary/aromatic N) is 4. The van der Waals surface area contributed by atoms with E-state index in [4.69, 9.17) is 44.5 Å². The molecule has 1 fully saturated rings. The first-order valence-corrected chi connectivity index (χ1v) is 17.3. The molecule has 262 valence electrons. The van der Waals surface area contributed by atoms with Crippen LogP contribution in [0.2, 0.25) is 15.1 Å². The number of ether oxygens (including phenoxy) is 1. The lowest BCUT2D eigenvalue weighted by Crippen LogP contribution is -2.36. The summed E-state index contributed by atoms with van der Waals surface area (Å²) in [5, 5.41) is 25.5. The Morgan fingerprint density at radius 2 is 1.68 bits per heavy atom. The van der Waals surface area contributed by atoms with Crippen LogP contribution < -0.4 is 26.2 Å². The van der Waals surface area contributed by atoms with E-state index in [-0.39, 0.29) is 17.5 Å². The van der Waals surface area contributed by atoms with Crippen molar-refractivity contribution in [1.29, 1.82) is 0 Å². The number of rotatable bonds is 12. The van der Waals surface area contributed by atoms with Crippen molar-refractivity contribution in [2.24, 2.45) is 7.05 Å². The van der Waals surface area contributed by atoms with Gasteiger partial charge in [-0.05, 0) is 32.4 Å². The third-order valence-corrected chi connectivity index (χ3v) is 9.80. The van der Waals surface area contributed by atoms with Crippen LogP contribution in [0.25, 0.3) is 39.0 Å². The lowest BCUT2D eigenvalue weighted by atomic mass is 9.97. The van der Waals surface area contributed by atoms with Crippen LogP contribution in [0.1, 0.15) is 38.1 Å². The second kappa shape index (κ2) is 14.7. The van der Waals surface area contributed by atoms with Gasteiger partial charge in [0.2, 0.25) is 11.8 Å². The third-order valence-electron chi connectivity index (χ3n) is 8.65. The largest absolute Gasteiger partial charge is 0.481 e. The number of amides is 1. The first-order valence-electron chi connectivity index (χ1n) is 16.2. The van der Waals surface area contributed by atoms with Crippen molar-refractivity contribution in [3.05, 3.63) is 91.5 Å². The van der Waals surface area contributed by atoms with E-state index in [2.05, 4.69) is 21.0 Å². The fourth-order valence-electron chi connectivity index (χ4n) is 6.04. The predicted octanol–water partition coefficient (Wildman–Crippen LogP) is 5.63. The molecule has 1 unspecified atom stereocenters. The fraction of sp³-hybridized carbons (Fsp3) is 0.333. The van der Waals surface area contributed by atoms with Gasteiger partial charge in [-0.3, -0.25) is 14.2 Å². The summed E-state index contributed by atoms with van der Waals surface area (Å²) in [5.74, 6) is 0.954. The number of pyridine rings is 1. The van der Waals surface area contributed by atoms with Crippen molar-refractivity contribution in [1.82, 2.24) is 35.1 Å². The average molecular weight is 739 g/mol. The van der Waals surface area contributed by atoms with Gasteiger partial charge >= 0.3 is 0 Å². The van der Waals surface area contributed by atoms with Gasteiger partial charge in [-0.25, -0.2) is 9.50 Å². The van der Waals surface area contributed by atoms with Crippen LogP contribution >= 0.6 is 34.8 Å². The molecule has 4 N–H and O–H groups in total. The van der Waals surface area contributed by atoms with Gasteiger partial charge in [0.1, 0.15) is 11.3 Å². The summed E-state index contributed by atoms with van der Waals surface area (Å²) in [7, 11) is 3.21. The maximum Gasteiger partial charge on any atom is 0.277 e. The number of carbonyl (C=O) groups is 1. The van der Waals surface area contributed by atoms with Crippen LogP contribution in [0.3, 0.4) is 0 Å². The lowest BCUT2D eigenvalue weighted by Gasteiger charge is -2.18. The number of halogens is 3. The molecule has 1 aliphatic heterocycles. The quantitative estimate of drug-likeness (QED) is 0.130. The molecule has 4 heterocycles. The molecule has 5 aromatic rings. The molecule has 14 heteroatoms. The molecular formula is C36H38Cl3N7O4. The van der Waals surface area contributed by atoms with Crippen molar-refractivity contribution >= 4 is 46.2 Å². The smallest absolute Gasteiger partial charge is 0.277 e. The van der Waals surface area contributed by atoms with Crippen molar-refractivity contribution in [3.8, 4) is 39.4 Å². The number of nitrogens with one attached hydrogen (secondary N) is 3. The van der Waals surface area contributed by atoms with Crippen LogP contribution in [-0.2, 0) is 24.9 Å². The molecule has 0 spiro atoms. The highest BCUT2D eigenvalue weighted by Crippen LogP contribution is 2.43. The monoisotopic (exact) mass is 737 g/mol. The topological polar surface area (TPSA) is 135 Å². The van der Waals surface area contributed by atoms with Crippen molar-refractivity contribution in [2.45, 2.75) is 51.4 Å². The summed E-state index contributed by atoms with van der Waals surface area (Å²) in [6.45, 7) is 5.07. The average Bonchev–Trinajstić information content (AvgIpc) is 3.69. The molecule has 11 nitrogen and oxygen atoms in total. The summed E-state index contributed by atoms with van der Waals surface area (Å²) < 4.78 is 8.69. The van der Waals surface area contributed by atoms with E-state index in [0.29, 0.717) is 104 Å².